The van der Waals surface area contributed by atoms with Gasteiger partial charge in [-0.1, -0.05) is 13.8 Å². The van der Waals surface area contributed by atoms with Crippen LogP contribution in [0.25, 0.3) is 0 Å². The predicted octanol–water partition coefficient (Wildman–Crippen LogP) is 2.83. The lowest BCUT2D eigenvalue weighted by Gasteiger charge is -2.50. The van der Waals surface area contributed by atoms with E-state index in [0.29, 0.717) is 18.1 Å². The molecule has 2 heteroatoms. The minimum absolute atomic E-state index is 0.671. The van der Waals surface area contributed by atoms with Crippen LogP contribution in [0.15, 0.2) is 0 Å². The third-order valence-corrected chi connectivity index (χ3v) is 3.96. The van der Waals surface area contributed by atoms with Crippen LogP contribution in [0.1, 0.15) is 48.5 Å². The lowest BCUT2D eigenvalue weighted by atomic mass is 9.95. The molecule has 96 valence electrons. The Balaban J connectivity index is 2.78. The molecule has 1 rings (SSSR count). The monoisotopic (exact) mass is 226 g/mol. The van der Waals surface area contributed by atoms with Crippen molar-refractivity contribution in [3.63, 3.8) is 0 Å². The zero-order valence-corrected chi connectivity index (χ0v) is 12.2. The molecule has 16 heavy (non-hydrogen) atoms. The van der Waals surface area contributed by atoms with Crippen LogP contribution in [-0.4, -0.2) is 47.1 Å². The summed E-state index contributed by atoms with van der Waals surface area (Å²) in [5, 5.41) is 0. The molecule has 1 aliphatic rings. The third-order valence-electron chi connectivity index (χ3n) is 3.96. The van der Waals surface area contributed by atoms with Crippen LogP contribution in [0.2, 0.25) is 0 Å². The zero-order valence-electron chi connectivity index (χ0n) is 12.2. The molecule has 0 aliphatic carbocycles. The van der Waals surface area contributed by atoms with Crippen molar-refractivity contribution in [2.45, 2.75) is 72.6 Å². The summed E-state index contributed by atoms with van der Waals surface area (Å²) >= 11 is 0. The molecule has 1 fully saturated rings. The largest absolute Gasteiger partial charge is 0.295 e. The van der Waals surface area contributed by atoms with E-state index < -0.39 is 0 Å². The van der Waals surface area contributed by atoms with Crippen molar-refractivity contribution in [3.8, 4) is 0 Å². The second kappa shape index (κ2) is 5.50. The Labute approximate surface area is 102 Å². The number of nitrogens with zero attached hydrogens (tertiary/aromatic N) is 2. The molecule has 0 aromatic carbocycles. The normalized spacial score (nSPS) is 29.6. The van der Waals surface area contributed by atoms with Gasteiger partial charge < -0.3 is 0 Å². The van der Waals surface area contributed by atoms with E-state index in [0.717, 1.165) is 12.0 Å². The van der Waals surface area contributed by atoms with Gasteiger partial charge in [0.05, 0.1) is 0 Å². The van der Waals surface area contributed by atoms with Crippen LogP contribution in [0.3, 0.4) is 0 Å². The third kappa shape index (κ3) is 2.98. The fourth-order valence-electron chi connectivity index (χ4n) is 2.95. The first-order chi connectivity index (χ1) is 7.34. The van der Waals surface area contributed by atoms with Gasteiger partial charge in [-0.3, -0.25) is 9.80 Å². The Bertz CT molecular complexity index is 211. The molecular weight excluding hydrogens is 196 g/mol. The minimum Gasteiger partial charge on any atom is -0.295 e. The summed E-state index contributed by atoms with van der Waals surface area (Å²) in [7, 11) is 0. The van der Waals surface area contributed by atoms with Gasteiger partial charge in [0, 0.05) is 37.3 Å². The van der Waals surface area contributed by atoms with Gasteiger partial charge in [-0.15, -0.1) is 0 Å². The lowest BCUT2D eigenvalue weighted by Crippen LogP contribution is -2.62. The van der Waals surface area contributed by atoms with Gasteiger partial charge in [0.1, 0.15) is 0 Å². The van der Waals surface area contributed by atoms with Crippen LogP contribution in [-0.2, 0) is 0 Å². The quantitative estimate of drug-likeness (QED) is 0.730. The molecule has 1 heterocycles. The fourth-order valence-corrected chi connectivity index (χ4v) is 2.95. The molecule has 0 saturated carbocycles. The summed E-state index contributed by atoms with van der Waals surface area (Å²) in [6.45, 7) is 18.8. The zero-order chi connectivity index (χ0) is 12.5. The SMILES string of the molecule is CC(C)C1CN(C(C)C)[C@H](C)CN1C(C)C. The van der Waals surface area contributed by atoms with Gasteiger partial charge in [0.2, 0.25) is 0 Å². The van der Waals surface area contributed by atoms with E-state index in [1.54, 1.807) is 0 Å². The molecule has 0 radical (unpaired) electrons. The first-order valence-corrected chi connectivity index (χ1v) is 6.86. The highest BCUT2D eigenvalue weighted by Crippen LogP contribution is 2.24. The summed E-state index contributed by atoms with van der Waals surface area (Å²) in [4.78, 5) is 5.34. The maximum Gasteiger partial charge on any atom is 0.0249 e. The van der Waals surface area contributed by atoms with Crippen molar-refractivity contribution in [2.75, 3.05) is 13.1 Å². The van der Waals surface area contributed by atoms with Crippen molar-refractivity contribution in [1.82, 2.24) is 9.80 Å². The van der Waals surface area contributed by atoms with Crippen molar-refractivity contribution in [2.24, 2.45) is 5.92 Å². The Morgan fingerprint density at radius 3 is 1.69 bits per heavy atom. The Morgan fingerprint density at radius 1 is 0.812 bits per heavy atom. The average Bonchev–Trinajstić information content (AvgIpc) is 2.15. The van der Waals surface area contributed by atoms with Crippen molar-refractivity contribution < 1.29 is 0 Å². The number of piperazine rings is 1. The topological polar surface area (TPSA) is 6.48 Å². The highest BCUT2D eigenvalue weighted by atomic mass is 15.3. The van der Waals surface area contributed by atoms with E-state index in [9.17, 15) is 0 Å². The van der Waals surface area contributed by atoms with E-state index in [4.69, 9.17) is 0 Å². The Kier molecular flexibility index (Phi) is 4.81. The van der Waals surface area contributed by atoms with Gasteiger partial charge in [0.15, 0.2) is 0 Å². The molecule has 0 N–H and O–H groups in total. The van der Waals surface area contributed by atoms with Gasteiger partial charge in [-0.25, -0.2) is 0 Å². The standard InChI is InChI=1S/C14H30N2/c1-10(2)14-9-15(11(3)4)13(7)8-16(14)12(5)6/h10-14H,8-9H2,1-7H3/t13-,14?/m1/s1. The van der Waals surface area contributed by atoms with Crippen LogP contribution in [0.4, 0.5) is 0 Å². The summed E-state index contributed by atoms with van der Waals surface area (Å²) in [6, 6.07) is 2.76. The minimum atomic E-state index is 0.671. The van der Waals surface area contributed by atoms with Crippen LogP contribution >= 0.6 is 0 Å². The molecule has 1 saturated heterocycles. The summed E-state index contributed by atoms with van der Waals surface area (Å²) in [5.74, 6) is 0.746. The highest BCUT2D eigenvalue weighted by Gasteiger charge is 2.35. The molecule has 1 unspecified atom stereocenters. The van der Waals surface area contributed by atoms with E-state index in [-0.39, 0.29) is 0 Å². The van der Waals surface area contributed by atoms with Crippen molar-refractivity contribution in [3.05, 3.63) is 0 Å². The van der Waals surface area contributed by atoms with E-state index in [1.807, 2.05) is 0 Å². The molecule has 2 nitrogen and oxygen atoms in total. The molecule has 0 aromatic rings. The lowest BCUT2D eigenvalue weighted by molar-refractivity contribution is -0.0166. The Hall–Kier alpha value is -0.0800. The van der Waals surface area contributed by atoms with Crippen LogP contribution in [0.5, 0.6) is 0 Å². The summed E-state index contributed by atoms with van der Waals surface area (Å²) in [6.07, 6.45) is 0. The number of hydrogen-bond donors (Lipinski definition) is 0. The number of rotatable bonds is 3. The van der Waals surface area contributed by atoms with E-state index >= 15 is 0 Å². The molecule has 0 amide bonds. The van der Waals surface area contributed by atoms with E-state index in [1.165, 1.54) is 13.1 Å². The van der Waals surface area contributed by atoms with Gasteiger partial charge in [0.25, 0.3) is 0 Å². The second-order valence-corrected chi connectivity index (χ2v) is 6.24. The molecular formula is C14H30N2. The van der Waals surface area contributed by atoms with Crippen molar-refractivity contribution >= 4 is 0 Å². The van der Waals surface area contributed by atoms with Gasteiger partial charge >= 0.3 is 0 Å². The van der Waals surface area contributed by atoms with E-state index in [2.05, 4.69) is 58.3 Å². The highest BCUT2D eigenvalue weighted by molar-refractivity contribution is 4.90. The Morgan fingerprint density at radius 2 is 1.31 bits per heavy atom. The maximum absolute atomic E-state index is 2.69. The molecule has 0 bridgehead atoms. The number of hydrogen-bond acceptors (Lipinski definition) is 2. The fraction of sp³-hybridized carbons (Fsp3) is 1.00. The second-order valence-electron chi connectivity index (χ2n) is 6.24. The van der Waals surface area contributed by atoms with Crippen LogP contribution in [0, 0.1) is 5.92 Å². The van der Waals surface area contributed by atoms with Gasteiger partial charge in [-0.2, -0.15) is 0 Å². The van der Waals surface area contributed by atoms with Crippen LogP contribution < -0.4 is 0 Å². The average molecular weight is 226 g/mol. The molecule has 1 aliphatic heterocycles. The summed E-state index contributed by atoms with van der Waals surface area (Å²) in [5.41, 5.74) is 0. The molecule has 0 spiro atoms. The van der Waals surface area contributed by atoms with Gasteiger partial charge in [-0.05, 0) is 40.5 Å². The maximum atomic E-state index is 2.69. The smallest absolute Gasteiger partial charge is 0.0249 e. The first-order valence-electron chi connectivity index (χ1n) is 6.86. The summed E-state index contributed by atoms with van der Waals surface area (Å²) < 4.78 is 0. The van der Waals surface area contributed by atoms with Crippen molar-refractivity contribution in [1.29, 1.82) is 0 Å². The molecule has 2 atom stereocenters. The predicted molar refractivity (Wildman–Crippen MR) is 71.8 cm³/mol. The first kappa shape index (κ1) is 14.0. The molecule has 0 aromatic heterocycles.